The number of esters is 1. The summed E-state index contributed by atoms with van der Waals surface area (Å²) in [4.78, 5) is 36.9. The van der Waals surface area contributed by atoms with Gasteiger partial charge in [-0.05, 0) is 37.0 Å². The molecule has 25 heavy (non-hydrogen) atoms. The summed E-state index contributed by atoms with van der Waals surface area (Å²) >= 11 is 0. The van der Waals surface area contributed by atoms with Gasteiger partial charge in [-0.2, -0.15) is 0 Å². The van der Waals surface area contributed by atoms with Crippen LogP contribution in [0.1, 0.15) is 29.3 Å². The average Bonchev–Trinajstić information content (AvgIpc) is 2.55. The standard InChI is InChI=1S/C20H18O4.Na/c1-13(21)11-15(12-14-7-3-2-4-8-14)18-19(22)16-9-5-6-10-17(16)24-20(18)23;/h2-10,15,18H,11-12H2,1H3;/q;+1. The molecule has 0 amide bonds. The molecule has 2 atom stereocenters. The van der Waals surface area contributed by atoms with E-state index in [4.69, 9.17) is 4.74 Å². The van der Waals surface area contributed by atoms with Crippen molar-refractivity contribution in [1.82, 2.24) is 0 Å². The summed E-state index contributed by atoms with van der Waals surface area (Å²) in [7, 11) is 0. The molecule has 122 valence electrons. The molecule has 5 heteroatoms. The van der Waals surface area contributed by atoms with Crippen molar-refractivity contribution in [2.45, 2.75) is 19.8 Å². The van der Waals surface area contributed by atoms with Crippen molar-refractivity contribution in [2.75, 3.05) is 0 Å². The molecule has 1 aliphatic rings. The number of ether oxygens (including phenoxy) is 1. The molecule has 0 radical (unpaired) electrons. The van der Waals surface area contributed by atoms with Crippen LogP contribution in [0.3, 0.4) is 0 Å². The van der Waals surface area contributed by atoms with Crippen LogP contribution >= 0.6 is 0 Å². The Hall–Kier alpha value is -1.75. The van der Waals surface area contributed by atoms with Gasteiger partial charge in [-0.25, -0.2) is 0 Å². The zero-order valence-corrected chi connectivity index (χ0v) is 16.4. The van der Waals surface area contributed by atoms with Gasteiger partial charge in [0.25, 0.3) is 0 Å². The zero-order chi connectivity index (χ0) is 17.1. The fourth-order valence-electron chi connectivity index (χ4n) is 3.21. The van der Waals surface area contributed by atoms with Gasteiger partial charge in [-0.1, -0.05) is 42.5 Å². The molecule has 1 heterocycles. The maximum absolute atomic E-state index is 12.8. The van der Waals surface area contributed by atoms with Crippen molar-refractivity contribution in [1.29, 1.82) is 0 Å². The quantitative estimate of drug-likeness (QED) is 0.337. The van der Waals surface area contributed by atoms with Gasteiger partial charge >= 0.3 is 35.5 Å². The van der Waals surface area contributed by atoms with Crippen LogP contribution in [0.15, 0.2) is 54.6 Å². The largest absolute Gasteiger partial charge is 1.00 e. The van der Waals surface area contributed by atoms with Crippen molar-refractivity contribution < 1.29 is 48.7 Å². The van der Waals surface area contributed by atoms with E-state index in [2.05, 4.69) is 0 Å². The third-order valence-corrected chi connectivity index (χ3v) is 4.26. The Balaban J connectivity index is 0.00000225. The van der Waals surface area contributed by atoms with E-state index in [-0.39, 0.29) is 47.5 Å². The first-order valence-electron chi connectivity index (χ1n) is 7.94. The molecule has 4 nitrogen and oxygen atoms in total. The SMILES string of the molecule is CC(=O)CC(Cc1ccccc1)C1C(=O)Oc2ccccc2C1=O.[Na+]. The fourth-order valence-corrected chi connectivity index (χ4v) is 3.21. The van der Waals surface area contributed by atoms with E-state index in [0.717, 1.165) is 5.56 Å². The van der Waals surface area contributed by atoms with E-state index in [1.165, 1.54) is 6.92 Å². The summed E-state index contributed by atoms with van der Waals surface area (Å²) in [6, 6.07) is 16.3. The number of rotatable bonds is 5. The van der Waals surface area contributed by atoms with Gasteiger partial charge in [0, 0.05) is 6.42 Å². The third kappa shape index (κ3) is 4.46. The minimum Gasteiger partial charge on any atom is -0.425 e. The number of ketones is 2. The van der Waals surface area contributed by atoms with Crippen molar-refractivity contribution in [3.05, 3.63) is 65.7 Å². The van der Waals surface area contributed by atoms with Gasteiger partial charge in [0.15, 0.2) is 5.78 Å². The third-order valence-electron chi connectivity index (χ3n) is 4.26. The van der Waals surface area contributed by atoms with Crippen LogP contribution in [0.2, 0.25) is 0 Å². The molecule has 1 aliphatic heterocycles. The Kier molecular flexibility index (Phi) is 6.71. The minimum absolute atomic E-state index is 0. The summed E-state index contributed by atoms with van der Waals surface area (Å²) in [6.45, 7) is 1.48. The van der Waals surface area contributed by atoms with Crippen molar-refractivity contribution in [3.63, 3.8) is 0 Å². The Bertz CT molecular complexity index is 785. The van der Waals surface area contributed by atoms with Gasteiger partial charge in [-0.15, -0.1) is 0 Å². The van der Waals surface area contributed by atoms with Gasteiger partial charge in [0.1, 0.15) is 17.5 Å². The maximum atomic E-state index is 12.8. The van der Waals surface area contributed by atoms with Gasteiger partial charge in [0.05, 0.1) is 5.56 Å². The Labute approximate surface area is 168 Å². The molecule has 0 saturated carbocycles. The number of hydrogen-bond acceptors (Lipinski definition) is 4. The monoisotopic (exact) mass is 345 g/mol. The number of carbonyl (C=O) groups excluding carboxylic acids is 3. The van der Waals surface area contributed by atoms with Crippen LogP contribution in [0.5, 0.6) is 5.75 Å². The van der Waals surface area contributed by atoms with E-state index in [9.17, 15) is 14.4 Å². The summed E-state index contributed by atoms with van der Waals surface area (Å²) < 4.78 is 5.34. The first kappa shape index (κ1) is 19.6. The number of Topliss-reactive ketones (excluding diaryl/α,β-unsaturated/α-hetero) is 2. The summed E-state index contributed by atoms with van der Waals surface area (Å²) in [6.07, 6.45) is 0.649. The number of benzene rings is 2. The first-order valence-corrected chi connectivity index (χ1v) is 7.94. The minimum atomic E-state index is -0.941. The smallest absolute Gasteiger partial charge is 0.425 e. The number of para-hydroxylation sites is 1. The van der Waals surface area contributed by atoms with Gasteiger partial charge in [0.2, 0.25) is 0 Å². The molecule has 0 bridgehead atoms. The number of carbonyl (C=O) groups is 3. The van der Waals surface area contributed by atoms with Crippen LogP contribution in [-0.2, 0) is 16.0 Å². The second-order valence-electron chi connectivity index (χ2n) is 6.12. The molecule has 2 aromatic rings. The van der Waals surface area contributed by atoms with Crippen LogP contribution < -0.4 is 34.3 Å². The first-order chi connectivity index (χ1) is 11.6. The Morgan fingerprint density at radius 3 is 2.36 bits per heavy atom. The van der Waals surface area contributed by atoms with Crippen LogP contribution in [-0.4, -0.2) is 17.5 Å². The average molecular weight is 345 g/mol. The number of fused-ring (bicyclic) bond motifs is 1. The summed E-state index contributed by atoms with van der Waals surface area (Å²) in [5.74, 6) is -1.92. The van der Waals surface area contributed by atoms with Crippen LogP contribution in [0.4, 0.5) is 0 Å². The van der Waals surface area contributed by atoms with E-state index < -0.39 is 17.8 Å². The summed E-state index contributed by atoms with van der Waals surface area (Å²) in [5, 5.41) is 0. The normalized spacial score (nSPS) is 17.1. The molecular formula is C20H18NaO4+. The molecule has 2 unspecified atom stereocenters. The van der Waals surface area contributed by atoms with E-state index in [1.54, 1.807) is 24.3 Å². The molecule has 0 fully saturated rings. The molecule has 0 spiro atoms. The molecule has 0 aromatic heterocycles. The van der Waals surface area contributed by atoms with E-state index >= 15 is 0 Å². The Morgan fingerprint density at radius 1 is 1.04 bits per heavy atom. The van der Waals surface area contributed by atoms with Crippen molar-refractivity contribution >= 4 is 17.5 Å². The van der Waals surface area contributed by atoms with Gasteiger partial charge in [-0.3, -0.25) is 9.59 Å². The zero-order valence-electron chi connectivity index (χ0n) is 14.4. The van der Waals surface area contributed by atoms with Crippen LogP contribution in [0, 0.1) is 11.8 Å². The molecule has 0 N–H and O–H groups in total. The maximum Gasteiger partial charge on any atom is 1.00 e. The molecular weight excluding hydrogens is 327 g/mol. The molecule has 3 rings (SSSR count). The molecule has 0 saturated heterocycles. The topological polar surface area (TPSA) is 60.4 Å². The van der Waals surface area contributed by atoms with E-state index in [1.807, 2.05) is 30.3 Å². The van der Waals surface area contributed by atoms with Gasteiger partial charge < -0.3 is 9.53 Å². The molecule has 2 aromatic carbocycles. The molecule has 0 aliphatic carbocycles. The Morgan fingerprint density at radius 2 is 1.68 bits per heavy atom. The van der Waals surface area contributed by atoms with Crippen molar-refractivity contribution in [2.24, 2.45) is 11.8 Å². The fraction of sp³-hybridized carbons (Fsp3) is 0.250. The second-order valence-corrected chi connectivity index (χ2v) is 6.12. The van der Waals surface area contributed by atoms with E-state index in [0.29, 0.717) is 17.7 Å². The number of hydrogen-bond donors (Lipinski definition) is 0. The second kappa shape index (κ2) is 8.56. The van der Waals surface area contributed by atoms with Crippen LogP contribution in [0.25, 0.3) is 0 Å². The van der Waals surface area contributed by atoms with Crippen molar-refractivity contribution in [3.8, 4) is 5.75 Å². The predicted molar refractivity (Wildman–Crippen MR) is 88.8 cm³/mol. The predicted octanol–water partition coefficient (Wildman–Crippen LogP) is 0.247. The summed E-state index contributed by atoms with van der Waals surface area (Å²) in [5.41, 5.74) is 1.40.